The van der Waals surface area contributed by atoms with Crippen LogP contribution in [0.25, 0.3) is 0 Å². The Morgan fingerprint density at radius 1 is 1.25 bits per heavy atom. The van der Waals surface area contributed by atoms with Crippen molar-refractivity contribution in [1.82, 2.24) is 0 Å². The van der Waals surface area contributed by atoms with Gasteiger partial charge in [-0.1, -0.05) is 36.7 Å². The topological polar surface area (TPSA) is 9.23 Å². The summed E-state index contributed by atoms with van der Waals surface area (Å²) >= 11 is 3.14. The molecule has 0 spiro atoms. The normalized spacial score (nSPS) is 9.44. The van der Waals surface area contributed by atoms with Gasteiger partial charge in [0.1, 0.15) is 0 Å². The molecule has 1 aromatic carbocycles. The highest BCUT2D eigenvalue weighted by atomic mass is 79.9. The first-order valence-corrected chi connectivity index (χ1v) is 6.14. The Balaban J connectivity index is 0.00000106. The fourth-order valence-corrected chi connectivity index (χ4v) is 1.36. The van der Waals surface area contributed by atoms with Crippen molar-refractivity contribution in [2.24, 2.45) is 0 Å². The number of halogens is 3. The van der Waals surface area contributed by atoms with E-state index in [9.17, 15) is 8.78 Å². The Bertz CT molecular complexity index is 340. The first-order chi connectivity index (χ1) is 7.57. The molecule has 0 aliphatic carbocycles. The van der Waals surface area contributed by atoms with Crippen molar-refractivity contribution in [3.05, 3.63) is 27.7 Å². The lowest BCUT2D eigenvalue weighted by Crippen LogP contribution is -2.01. The Kier molecular flexibility index (Phi) is 7.30. The lowest BCUT2D eigenvalue weighted by molar-refractivity contribution is 0.294. The Morgan fingerprint density at radius 2 is 1.81 bits per heavy atom. The highest BCUT2D eigenvalue weighted by molar-refractivity contribution is 9.10. The first-order valence-electron chi connectivity index (χ1n) is 5.34. The van der Waals surface area contributed by atoms with Crippen molar-refractivity contribution in [3.8, 4) is 5.75 Å². The number of ether oxygens (including phenoxy) is 1. The zero-order valence-corrected chi connectivity index (χ0v) is 11.6. The molecule has 16 heavy (non-hydrogen) atoms. The molecular weight excluding hydrogens is 278 g/mol. The predicted molar refractivity (Wildman–Crippen MR) is 65.9 cm³/mol. The molecule has 0 saturated heterocycles. The van der Waals surface area contributed by atoms with Gasteiger partial charge in [-0.15, -0.1) is 0 Å². The van der Waals surface area contributed by atoms with E-state index in [0.717, 1.165) is 6.42 Å². The highest BCUT2D eigenvalue weighted by Gasteiger charge is 2.15. The summed E-state index contributed by atoms with van der Waals surface area (Å²) in [7, 11) is 0. The van der Waals surface area contributed by atoms with Crippen LogP contribution in [0.15, 0.2) is 10.5 Å². The van der Waals surface area contributed by atoms with Crippen LogP contribution in [0.4, 0.5) is 8.78 Å². The van der Waals surface area contributed by atoms with E-state index in [0.29, 0.717) is 11.1 Å². The molecule has 0 saturated carbocycles. The molecule has 0 aliphatic rings. The number of benzene rings is 1. The summed E-state index contributed by atoms with van der Waals surface area (Å²) in [6, 6.07) is 1.45. The van der Waals surface area contributed by atoms with E-state index in [-0.39, 0.29) is 11.3 Å². The molecule has 1 rings (SSSR count). The summed E-state index contributed by atoms with van der Waals surface area (Å²) in [6.45, 7) is 7.79. The Hall–Kier alpha value is -0.640. The molecule has 0 aromatic heterocycles. The van der Waals surface area contributed by atoms with Crippen LogP contribution in [0.5, 0.6) is 5.75 Å². The zero-order valence-electron chi connectivity index (χ0n) is 10.0. The number of hydrogen-bond donors (Lipinski definition) is 0. The van der Waals surface area contributed by atoms with Crippen molar-refractivity contribution >= 4 is 15.9 Å². The van der Waals surface area contributed by atoms with Crippen LogP contribution in [0.3, 0.4) is 0 Å². The van der Waals surface area contributed by atoms with Crippen LogP contribution in [0.1, 0.15) is 32.8 Å². The molecule has 0 aliphatic heterocycles. The van der Waals surface area contributed by atoms with Crippen LogP contribution in [-0.2, 0) is 0 Å². The molecule has 4 heteroatoms. The molecule has 92 valence electrons. The van der Waals surface area contributed by atoms with Crippen LogP contribution < -0.4 is 4.74 Å². The molecule has 0 fully saturated rings. The van der Waals surface area contributed by atoms with Gasteiger partial charge in [0, 0.05) is 10.0 Å². The van der Waals surface area contributed by atoms with Crippen molar-refractivity contribution in [1.29, 1.82) is 0 Å². The van der Waals surface area contributed by atoms with E-state index in [1.54, 1.807) is 0 Å². The van der Waals surface area contributed by atoms with Crippen molar-refractivity contribution in [3.63, 3.8) is 0 Å². The quantitative estimate of drug-likeness (QED) is 0.724. The molecule has 1 aromatic rings. The van der Waals surface area contributed by atoms with Crippen LogP contribution in [-0.4, -0.2) is 6.61 Å². The van der Waals surface area contributed by atoms with Crippen LogP contribution in [0, 0.1) is 18.6 Å². The third-order valence-electron chi connectivity index (χ3n) is 1.82. The second-order valence-corrected chi connectivity index (χ2v) is 3.81. The Labute approximate surface area is 104 Å². The van der Waals surface area contributed by atoms with E-state index in [1.807, 2.05) is 20.8 Å². The largest absolute Gasteiger partial charge is 0.490 e. The standard InChI is InChI=1S/C10H11BrF2O.C2H6/c1-3-4-14-8-5-7(11)6(2)9(12)10(8)13;1-2/h5H,3-4H2,1-2H3;1-2H3. The van der Waals surface area contributed by atoms with Gasteiger partial charge >= 0.3 is 0 Å². The number of rotatable bonds is 3. The molecular formula is C12H17BrF2O. The van der Waals surface area contributed by atoms with Crippen LogP contribution in [0.2, 0.25) is 0 Å². The first kappa shape index (κ1) is 15.4. The maximum absolute atomic E-state index is 13.2. The van der Waals surface area contributed by atoms with Gasteiger partial charge < -0.3 is 4.74 Å². The second-order valence-electron chi connectivity index (χ2n) is 2.96. The van der Waals surface area contributed by atoms with Gasteiger partial charge in [-0.2, -0.15) is 4.39 Å². The van der Waals surface area contributed by atoms with Gasteiger partial charge in [-0.25, -0.2) is 4.39 Å². The fraction of sp³-hybridized carbons (Fsp3) is 0.500. The van der Waals surface area contributed by atoms with E-state index in [2.05, 4.69) is 15.9 Å². The minimum absolute atomic E-state index is 0.0400. The van der Waals surface area contributed by atoms with Gasteiger partial charge in [0.15, 0.2) is 11.6 Å². The molecule has 0 amide bonds. The van der Waals surface area contributed by atoms with Crippen LogP contribution >= 0.6 is 15.9 Å². The third kappa shape index (κ3) is 3.74. The van der Waals surface area contributed by atoms with E-state index < -0.39 is 11.6 Å². The molecule has 0 atom stereocenters. The lowest BCUT2D eigenvalue weighted by Gasteiger charge is -2.09. The molecule has 1 nitrogen and oxygen atoms in total. The van der Waals surface area contributed by atoms with Gasteiger partial charge in [0.05, 0.1) is 6.61 Å². The maximum Gasteiger partial charge on any atom is 0.200 e. The Morgan fingerprint density at radius 3 is 2.31 bits per heavy atom. The van der Waals surface area contributed by atoms with Gasteiger partial charge in [0.25, 0.3) is 0 Å². The molecule has 0 unspecified atom stereocenters. The molecule has 0 radical (unpaired) electrons. The predicted octanol–water partition coefficient (Wildman–Crippen LogP) is 4.85. The van der Waals surface area contributed by atoms with E-state index in [4.69, 9.17) is 4.74 Å². The van der Waals surface area contributed by atoms with E-state index in [1.165, 1.54) is 13.0 Å². The van der Waals surface area contributed by atoms with Crippen molar-refractivity contribution in [2.45, 2.75) is 34.1 Å². The van der Waals surface area contributed by atoms with Crippen molar-refractivity contribution in [2.75, 3.05) is 6.61 Å². The molecule has 0 bridgehead atoms. The van der Waals surface area contributed by atoms with Crippen molar-refractivity contribution < 1.29 is 13.5 Å². The SMILES string of the molecule is CC.CCCOc1cc(Br)c(C)c(F)c1F. The summed E-state index contributed by atoms with van der Waals surface area (Å²) in [6.07, 6.45) is 0.757. The summed E-state index contributed by atoms with van der Waals surface area (Å²) < 4.78 is 32.0. The highest BCUT2D eigenvalue weighted by Crippen LogP contribution is 2.29. The minimum atomic E-state index is -0.917. The fourth-order valence-electron chi connectivity index (χ4n) is 0.981. The maximum atomic E-state index is 13.2. The number of hydrogen-bond acceptors (Lipinski definition) is 1. The third-order valence-corrected chi connectivity index (χ3v) is 2.64. The summed E-state index contributed by atoms with van der Waals surface area (Å²) in [4.78, 5) is 0. The smallest absolute Gasteiger partial charge is 0.200 e. The monoisotopic (exact) mass is 294 g/mol. The van der Waals surface area contributed by atoms with Gasteiger partial charge in [-0.05, 0) is 19.4 Å². The van der Waals surface area contributed by atoms with E-state index >= 15 is 0 Å². The molecule has 0 heterocycles. The zero-order chi connectivity index (χ0) is 12.7. The van der Waals surface area contributed by atoms with Gasteiger partial charge in [-0.3, -0.25) is 0 Å². The molecule has 0 N–H and O–H groups in total. The summed E-state index contributed by atoms with van der Waals surface area (Å²) in [5.74, 6) is -1.81. The summed E-state index contributed by atoms with van der Waals surface area (Å²) in [5, 5.41) is 0. The lowest BCUT2D eigenvalue weighted by atomic mass is 10.2. The minimum Gasteiger partial charge on any atom is -0.490 e. The van der Waals surface area contributed by atoms with Gasteiger partial charge in [0.2, 0.25) is 5.82 Å². The summed E-state index contributed by atoms with van der Waals surface area (Å²) in [5.41, 5.74) is 0.256. The average molecular weight is 295 g/mol. The average Bonchev–Trinajstić information content (AvgIpc) is 2.32. The second kappa shape index (κ2) is 7.60.